The van der Waals surface area contributed by atoms with Gasteiger partial charge in [0.15, 0.2) is 0 Å². The molecule has 1 aromatic rings. The smallest absolute Gasteiger partial charge is 0.357 e. The number of hydrogen-bond donors (Lipinski definition) is 3. The number of anilines is 2. The third-order valence-electron chi connectivity index (χ3n) is 1.35. The largest absolute Gasteiger partial charge is 0.397 e. The van der Waals surface area contributed by atoms with Crippen LogP contribution in [0.25, 0.3) is 0 Å². The predicted molar refractivity (Wildman–Crippen MR) is 56.0 cm³/mol. The van der Waals surface area contributed by atoms with E-state index >= 15 is 0 Å². The molecular weight excluding hydrogens is 251 g/mol. The van der Waals surface area contributed by atoms with Crippen LogP contribution in [0, 0.1) is 0 Å². The standard InChI is InChI=1S/C6H6Cl2N2O3S/c7-3-1-2-4(9)5(8)6(3)10-14(11,12)13/h1-2,10H,9H2,(H,11,12,13). The third kappa shape index (κ3) is 2.65. The lowest BCUT2D eigenvalue weighted by Crippen LogP contribution is -2.11. The molecule has 0 amide bonds. The molecule has 0 saturated heterocycles. The number of nitrogens with one attached hydrogen (secondary N) is 1. The number of benzene rings is 1. The Morgan fingerprint density at radius 1 is 1.36 bits per heavy atom. The van der Waals surface area contributed by atoms with Crippen LogP contribution in [-0.2, 0) is 10.3 Å². The number of nitrogen functional groups attached to an aromatic ring is 1. The summed E-state index contributed by atoms with van der Waals surface area (Å²) in [6.07, 6.45) is 0. The predicted octanol–water partition coefficient (Wildman–Crippen LogP) is 1.79. The van der Waals surface area contributed by atoms with Gasteiger partial charge >= 0.3 is 10.3 Å². The first kappa shape index (κ1) is 11.4. The summed E-state index contributed by atoms with van der Waals surface area (Å²) in [4.78, 5) is 0. The minimum absolute atomic E-state index is 0.0434. The Bertz CT molecular complexity index is 460. The average Bonchev–Trinajstić information content (AvgIpc) is 2.04. The van der Waals surface area contributed by atoms with E-state index in [0.29, 0.717) is 0 Å². The highest BCUT2D eigenvalue weighted by molar-refractivity contribution is 7.87. The molecular formula is C6H6Cl2N2O3S. The van der Waals surface area contributed by atoms with Crippen molar-refractivity contribution in [3.8, 4) is 0 Å². The van der Waals surface area contributed by atoms with Gasteiger partial charge in [-0.25, -0.2) is 0 Å². The number of hydrogen-bond acceptors (Lipinski definition) is 3. The Hall–Kier alpha value is -0.690. The molecule has 0 spiro atoms. The summed E-state index contributed by atoms with van der Waals surface area (Å²) in [5.41, 5.74) is 5.41. The van der Waals surface area contributed by atoms with Crippen molar-refractivity contribution in [2.24, 2.45) is 0 Å². The van der Waals surface area contributed by atoms with Crippen molar-refractivity contribution in [3.05, 3.63) is 22.2 Å². The molecule has 8 heteroatoms. The molecule has 1 aromatic carbocycles. The van der Waals surface area contributed by atoms with Crippen molar-refractivity contribution < 1.29 is 13.0 Å². The molecule has 4 N–H and O–H groups in total. The van der Waals surface area contributed by atoms with Crippen LogP contribution in [0.2, 0.25) is 10.0 Å². The minimum Gasteiger partial charge on any atom is -0.397 e. The van der Waals surface area contributed by atoms with Crippen LogP contribution in [0.15, 0.2) is 12.1 Å². The quantitative estimate of drug-likeness (QED) is 0.556. The topological polar surface area (TPSA) is 92.4 Å². The van der Waals surface area contributed by atoms with Gasteiger partial charge in [-0.1, -0.05) is 23.2 Å². The van der Waals surface area contributed by atoms with Crippen molar-refractivity contribution in [1.82, 2.24) is 0 Å². The number of rotatable bonds is 2. The van der Waals surface area contributed by atoms with Gasteiger partial charge in [-0.2, -0.15) is 8.42 Å². The summed E-state index contributed by atoms with van der Waals surface area (Å²) >= 11 is 11.3. The summed E-state index contributed by atoms with van der Waals surface area (Å²) < 4.78 is 31.3. The number of halogens is 2. The van der Waals surface area contributed by atoms with E-state index in [4.69, 9.17) is 33.5 Å². The zero-order chi connectivity index (χ0) is 10.9. The minimum atomic E-state index is -4.41. The molecule has 0 heterocycles. The first-order chi connectivity index (χ1) is 6.31. The van der Waals surface area contributed by atoms with Crippen molar-refractivity contribution in [3.63, 3.8) is 0 Å². The van der Waals surface area contributed by atoms with Crippen LogP contribution in [0.1, 0.15) is 0 Å². The van der Waals surface area contributed by atoms with E-state index in [9.17, 15) is 8.42 Å². The second-order valence-electron chi connectivity index (χ2n) is 2.40. The van der Waals surface area contributed by atoms with Crippen LogP contribution in [-0.4, -0.2) is 13.0 Å². The Balaban J connectivity index is 3.27. The summed E-state index contributed by atoms with van der Waals surface area (Å²) in [5, 5.41) is -0.0167. The lowest BCUT2D eigenvalue weighted by Gasteiger charge is -2.08. The summed E-state index contributed by atoms with van der Waals surface area (Å²) in [6.45, 7) is 0. The maximum absolute atomic E-state index is 10.5. The van der Waals surface area contributed by atoms with Crippen molar-refractivity contribution in [2.45, 2.75) is 0 Å². The highest BCUT2D eigenvalue weighted by Crippen LogP contribution is 2.35. The Labute approximate surface area is 90.7 Å². The summed E-state index contributed by atoms with van der Waals surface area (Å²) in [5.74, 6) is 0. The van der Waals surface area contributed by atoms with Gasteiger partial charge in [0.05, 0.1) is 21.4 Å². The normalized spacial score (nSPS) is 11.4. The maximum Gasteiger partial charge on any atom is 0.357 e. The van der Waals surface area contributed by atoms with Crippen molar-refractivity contribution in [1.29, 1.82) is 0 Å². The van der Waals surface area contributed by atoms with Crippen LogP contribution in [0.5, 0.6) is 0 Å². The van der Waals surface area contributed by atoms with E-state index in [1.807, 2.05) is 0 Å². The number of nitrogens with two attached hydrogens (primary N) is 1. The second kappa shape index (κ2) is 3.82. The fourth-order valence-corrected chi connectivity index (χ4v) is 1.84. The molecule has 0 aliphatic carbocycles. The van der Waals surface area contributed by atoms with Crippen LogP contribution in [0.3, 0.4) is 0 Å². The van der Waals surface area contributed by atoms with Crippen LogP contribution >= 0.6 is 23.2 Å². The molecule has 0 aliphatic rings. The summed E-state index contributed by atoms with van der Waals surface area (Å²) in [7, 11) is -4.41. The third-order valence-corrected chi connectivity index (χ3v) is 2.54. The van der Waals surface area contributed by atoms with E-state index in [1.165, 1.54) is 12.1 Å². The van der Waals surface area contributed by atoms with Gasteiger partial charge in [0.25, 0.3) is 0 Å². The Morgan fingerprint density at radius 2 is 1.93 bits per heavy atom. The SMILES string of the molecule is Nc1ccc(Cl)c(NS(=O)(=O)O)c1Cl. The first-order valence-electron chi connectivity index (χ1n) is 3.30. The fraction of sp³-hybridized carbons (Fsp3) is 0. The molecule has 0 atom stereocenters. The van der Waals surface area contributed by atoms with Gasteiger partial charge in [0.2, 0.25) is 0 Å². The highest BCUT2D eigenvalue weighted by Gasteiger charge is 2.13. The van der Waals surface area contributed by atoms with Crippen LogP contribution < -0.4 is 10.5 Å². The lowest BCUT2D eigenvalue weighted by molar-refractivity contribution is 0.490. The first-order valence-corrected chi connectivity index (χ1v) is 5.49. The molecule has 0 saturated carbocycles. The molecule has 14 heavy (non-hydrogen) atoms. The van der Waals surface area contributed by atoms with Gasteiger partial charge in [0, 0.05) is 0 Å². The van der Waals surface area contributed by atoms with Crippen molar-refractivity contribution >= 4 is 44.9 Å². The molecule has 5 nitrogen and oxygen atoms in total. The molecule has 1 rings (SSSR count). The maximum atomic E-state index is 10.5. The molecule has 78 valence electrons. The van der Waals surface area contributed by atoms with Gasteiger partial charge in [-0.05, 0) is 12.1 Å². The molecule has 0 unspecified atom stereocenters. The fourth-order valence-electron chi connectivity index (χ4n) is 0.791. The zero-order valence-corrected chi connectivity index (χ0v) is 8.99. The summed E-state index contributed by atoms with van der Waals surface area (Å²) in [6, 6.07) is 2.77. The lowest BCUT2D eigenvalue weighted by atomic mass is 10.3. The molecule has 0 bridgehead atoms. The Kier molecular flexibility index (Phi) is 3.10. The van der Waals surface area contributed by atoms with Gasteiger partial charge in [-0.15, -0.1) is 0 Å². The molecule has 0 aliphatic heterocycles. The van der Waals surface area contributed by atoms with E-state index < -0.39 is 10.3 Å². The highest BCUT2D eigenvalue weighted by atomic mass is 35.5. The van der Waals surface area contributed by atoms with Gasteiger partial charge in [0.1, 0.15) is 0 Å². The van der Waals surface area contributed by atoms with Crippen LogP contribution in [0.4, 0.5) is 11.4 Å². The van der Waals surface area contributed by atoms with E-state index in [0.717, 1.165) is 0 Å². The molecule has 0 aromatic heterocycles. The average molecular weight is 257 g/mol. The molecule has 0 radical (unpaired) electrons. The van der Waals surface area contributed by atoms with E-state index in [-0.39, 0.29) is 21.4 Å². The van der Waals surface area contributed by atoms with E-state index in [1.54, 1.807) is 4.72 Å². The van der Waals surface area contributed by atoms with Gasteiger partial charge < -0.3 is 5.73 Å². The Morgan fingerprint density at radius 3 is 2.43 bits per heavy atom. The van der Waals surface area contributed by atoms with Crippen molar-refractivity contribution in [2.75, 3.05) is 10.5 Å². The van der Waals surface area contributed by atoms with E-state index in [2.05, 4.69) is 0 Å². The molecule has 0 fully saturated rings. The second-order valence-corrected chi connectivity index (χ2v) is 4.34. The monoisotopic (exact) mass is 256 g/mol. The zero-order valence-electron chi connectivity index (χ0n) is 6.66. The van der Waals surface area contributed by atoms with Gasteiger partial charge in [-0.3, -0.25) is 9.27 Å².